The highest BCUT2D eigenvalue weighted by Crippen LogP contribution is 2.33. The van der Waals surface area contributed by atoms with E-state index in [2.05, 4.69) is 21.2 Å². The predicted octanol–water partition coefficient (Wildman–Crippen LogP) is 1.45. The molecule has 0 aliphatic heterocycles. The maximum Gasteiger partial charge on any atom is 0.222 e. The zero-order valence-corrected chi connectivity index (χ0v) is 14.0. The van der Waals surface area contributed by atoms with Crippen LogP contribution in [0.15, 0.2) is 16.6 Å². The molecule has 0 heterocycles. The second kappa shape index (κ2) is 8.86. The van der Waals surface area contributed by atoms with Crippen molar-refractivity contribution in [3.8, 4) is 11.5 Å². The zero-order chi connectivity index (χ0) is 15.8. The number of hydrogen-bond donors (Lipinski definition) is 2. The van der Waals surface area contributed by atoms with Crippen molar-refractivity contribution >= 4 is 21.8 Å². The van der Waals surface area contributed by atoms with Crippen LogP contribution in [0.1, 0.15) is 12.0 Å². The zero-order valence-electron chi connectivity index (χ0n) is 12.4. The Bertz CT molecular complexity index is 478. The molecule has 1 amide bonds. The monoisotopic (exact) mass is 360 g/mol. The number of methoxy groups -OCH3 is 3. The number of ether oxygens (including phenoxy) is 3. The summed E-state index contributed by atoms with van der Waals surface area (Å²) < 4.78 is 16.4. The first-order valence-corrected chi connectivity index (χ1v) is 7.24. The van der Waals surface area contributed by atoms with Gasteiger partial charge in [0.25, 0.3) is 0 Å². The molecule has 0 bridgehead atoms. The molecule has 0 aliphatic rings. The number of benzene rings is 1. The van der Waals surface area contributed by atoms with Crippen molar-refractivity contribution in [3.63, 3.8) is 0 Å². The fourth-order valence-electron chi connectivity index (χ4n) is 1.77. The molecule has 3 N–H and O–H groups in total. The van der Waals surface area contributed by atoms with E-state index in [-0.39, 0.29) is 18.4 Å². The summed E-state index contributed by atoms with van der Waals surface area (Å²) in [7, 11) is 4.68. The minimum Gasteiger partial charge on any atom is -0.493 e. The van der Waals surface area contributed by atoms with Gasteiger partial charge in [0.2, 0.25) is 5.91 Å². The molecule has 1 unspecified atom stereocenters. The van der Waals surface area contributed by atoms with Gasteiger partial charge in [-0.05, 0) is 17.7 Å². The smallest absolute Gasteiger partial charge is 0.222 e. The van der Waals surface area contributed by atoms with Crippen molar-refractivity contribution < 1.29 is 19.0 Å². The molecule has 0 spiro atoms. The summed E-state index contributed by atoms with van der Waals surface area (Å²) >= 11 is 3.45. The van der Waals surface area contributed by atoms with Gasteiger partial charge in [-0.3, -0.25) is 4.79 Å². The molecule has 6 nitrogen and oxygen atoms in total. The molecule has 21 heavy (non-hydrogen) atoms. The molecule has 0 saturated heterocycles. The highest BCUT2D eigenvalue weighted by atomic mass is 79.9. The number of rotatable bonds is 8. The Labute approximate surface area is 133 Å². The molecule has 0 aromatic heterocycles. The molecule has 1 aromatic carbocycles. The van der Waals surface area contributed by atoms with Gasteiger partial charge in [0, 0.05) is 24.7 Å². The number of halogens is 1. The molecular formula is C14H21BrN2O4. The van der Waals surface area contributed by atoms with Crippen LogP contribution in [0.25, 0.3) is 0 Å². The lowest BCUT2D eigenvalue weighted by Gasteiger charge is -2.14. The molecule has 0 radical (unpaired) electrons. The van der Waals surface area contributed by atoms with E-state index in [1.807, 2.05) is 6.07 Å². The van der Waals surface area contributed by atoms with Crippen LogP contribution in [0.2, 0.25) is 0 Å². The van der Waals surface area contributed by atoms with E-state index in [1.54, 1.807) is 20.3 Å². The van der Waals surface area contributed by atoms with Crippen LogP contribution in [-0.4, -0.2) is 39.9 Å². The summed E-state index contributed by atoms with van der Waals surface area (Å²) in [5, 5.41) is 2.83. The number of carbonyl (C=O) groups is 1. The van der Waals surface area contributed by atoms with Gasteiger partial charge >= 0.3 is 0 Å². The second-order valence-electron chi connectivity index (χ2n) is 4.37. The second-order valence-corrected chi connectivity index (χ2v) is 5.23. The summed E-state index contributed by atoms with van der Waals surface area (Å²) in [5.41, 5.74) is 6.38. The topological polar surface area (TPSA) is 82.8 Å². The standard InChI is InChI=1S/C14H21BrN2O4/c1-19-10(7-16)5-14(18)17-8-9-4-12(20-2)13(21-3)6-11(9)15/h4,6,10H,5,7-8,16H2,1-3H3,(H,17,18). The lowest BCUT2D eigenvalue weighted by molar-refractivity contribution is -0.123. The Balaban J connectivity index is 2.69. The highest BCUT2D eigenvalue weighted by molar-refractivity contribution is 9.10. The van der Waals surface area contributed by atoms with E-state index in [1.165, 1.54) is 7.11 Å². The molecule has 1 aromatic rings. The summed E-state index contributed by atoms with van der Waals surface area (Å²) in [6, 6.07) is 3.62. The lowest BCUT2D eigenvalue weighted by atomic mass is 10.2. The predicted molar refractivity (Wildman–Crippen MR) is 83.6 cm³/mol. The average molecular weight is 361 g/mol. The third-order valence-corrected chi connectivity index (χ3v) is 3.78. The number of carbonyl (C=O) groups excluding carboxylic acids is 1. The quantitative estimate of drug-likeness (QED) is 0.732. The normalized spacial score (nSPS) is 11.9. The number of nitrogens with two attached hydrogens (primary N) is 1. The van der Waals surface area contributed by atoms with Crippen molar-refractivity contribution in [2.24, 2.45) is 5.73 Å². The van der Waals surface area contributed by atoms with Crippen molar-refractivity contribution in [1.29, 1.82) is 0 Å². The fourth-order valence-corrected chi connectivity index (χ4v) is 2.23. The van der Waals surface area contributed by atoms with Gasteiger partial charge in [0.05, 0.1) is 26.7 Å². The van der Waals surface area contributed by atoms with Gasteiger partial charge < -0.3 is 25.3 Å². The van der Waals surface area contributed by atoms with Crippen LogP contribution in [0.5, 0.6) is 11.5 Å². The van der Waals surface area contributed by atoms with Gasteiger partial charge in [0.1, 0.15) is 0 Å². The van der Waals surface area contributed by atoms with E-state index in [0.717, 1.165) is 10.0 Å². The first-order chi connectivity index (χ1) is 10.0. The molecule has 1 atom stereocenters. The van der Waals surface area contributed by atoms with Crippen LogP contribution < -0.4 is 20.5 Å². The molecule has 7 heteroatoms. The number of amides is 1. The molecule has 0 aliphatic carbocycles. The van der Waals surface area contributed by atoms with Gasteiger partial charge in [0.15, 0.2) is 11.5 Å². The summed E-state index contributed by atoms with van der Waals surface area (Å²) in [6.07, 6.45) is -0.0309. The Morgan fingerprint density at radius 3 is 2.43 bits per heavy atom. The average Bonchev–Trinajstić information content (AvgIpc) is 2.50. The van der Waals surface area contributed by atoms with E-state index in [0.29, 0.717) is 24.6 Å². The molecular weight excluding hydrogens is 340 g/mol. The van der Waals surface area contributed by atoms with Gasteiger partial charge in [-0.2, -0.15) is 0 Å². The van der Waals surface area contributed by atoms with Crippen molar-refractivity contribution in [1.82, 2.24) is 5.32 Å². The number of hydrogen-bond acceptors (Lipinski definition) is 5. The van der Waals surface area contributed by atoms with Crippen molar-refractivity contribution in [2.75, 3.05) is 27.9 Å². The van der Waals surface area contributed by atoms with Crippen LogP contribution in [0.3, 0.4) is 0 Å². The molecule has 1 rings (SSSR count). The number of nitrogens with one attached hydrogen (secondary N) is 1. The fraction of sp³-hybridized carbons (Fsp3) is 0.500. The van der Waals surface area contributed by atoms with E-state index in [9.17, 15) is 4.79 Å². The SMILES string of the molecule is COc1cc(Br)c(CNC(=O)CC(CN)OC)cc1OC. The van der Waals surface area contributed by atoms with Gasteiger partial charge in [-0.15, -0.1) is 0 Å². The van der Waals surface area contributed by atoms with E-state index in [4.69, 9.17) is 19.9 Å². The van der Waals surface area contributed by atoms with Gasteiger partial charge in [-0.1, -0.05) is 15.9 Å². The Morgan fingerprint density at radius 2 is 1.90 bits per heavy atom. The lowest BCUT2D eigenvalue weighted by Crippen LogP contribution is -2.32. The van der Waals surface area contributed by atoms with E-state index < -0.39 is 0 Å². The Hall–Kier alpha value is -1.31. The third-order valence-electron chi connectivity index (χ3n) is 3.04. The van der Waals surface area contributed by atoms with Crippen LogP contribution in [0, 0.1) is 0 Å². The molecule has 0 saturated carbocycles. The molecule has 0 fully saturated rings. The van der Waals surface area contributed by atoms with Gasteiger partial charge in [-0.25, -0.2) is 0 Å². The Morgan fingerprint density at radius 1 is 1.29 bits per heavy atom. The summed E-state index contributed by atoms with van der Waals surface area (Å²) in [6.45, 7) is 0.685. The summed E-state index contributed by atoms with van der Waals surface area (Å²) in [5.74, 6) is 1.12. The minimum atomic E-state index is -0.265. The largest absolute Gasteiger partial charge is 0.493 e. The van der Waals surface area contributed by atoms with Crippen molar-refractivity contribution in [2.45, 2.75) is 19.1 Å². The Kier molecular flexibility index (Phi) is 7.49. The highest BCUT2D eigenvalue weighted by Gasteiger charge is 2.13. The first-order valence-electron chi connectivity index (χ1n) is 6.45. The van der Waals surface area contributed by atoms with Crippen molar-refractivity contribution in [3.05, 3.63) is 22.2 Å². The van der Waals surface area contributed by atoms with Crippen LogP contribution in [0.4, 0.5) is 0 Å². The maximum atomic E-state index is 11.8. The van der Waals surface area contributed by atoms with Crippen LogP contribution in [-0.2, 0) is 16.1 Å². The maximum absolute atomic E-state index is 11.8. The minimum absolute atomic E-state index is 0.117. The van der Waals surface area contributed by atoms with Crippen LogP contribution >= 0.6 is 15.9 Å². The third kappa shape index (κ3) is 5.18. The summed E-state index contributed by atoms with van der Waals surface area (Å²) in [4.78, 5) is 11.8. The first kappa shape index (κ1) is 17.7. The molecule has 118 valence electrons. The van der Waals surface area contributed by atoms with E-state index >= 15 is 0 Å².